The Bertz CT molecular complexity index is 597. The van der Waals surface area contributed by atoms with Gasteiger partial charge in [0.05, 0.1) is 19.3 Å². The number of ether oxygens (including phenoxy) is 2. The molecule has 1 aromatic carbocycles. The van der Waals surface area contributed by atoms with Crippen molar-refractivity contribution in [3.8, 4) is 0 Å². The van der Waals surface area contributed by atoms with Crippen molar-refractivity contribution in [2.75, 3.05) is 45.9 Å². The van der Waals surface area contributed by atoms with Crippen LogP contribution in [0.3, 0.4) is 0 Å². The van der Waals surface area contributed by atoms with Crippen LogP contribution in [0, 0.1) is 5.92 Å². The number of benzene rings is 1. The number of morpholine rings is 1. The van der Waals surface area contributed by atoms with Gasteiger partial charge in [-0.1, -0.05) is 30.3 Å². The van der Waals surface area contributed by atoms with Gasteiger partial charge in [-0.2, -0.15) is 0 Å². The molecule has 6 nitrogen and oxygen atoms in total. The van der Waals surface area contributed by atoms with Crippen molar-refractivity contribution in [2.24, 2.45) is 5.92 Å². The van der Waals surface area contributed by atoms with Crippen LogP contribution in [0.4, 0.5) is 4.79 Å². The zero-order valence-corrected chi connectivity index (χ0v) is 15.3. The lowest BCUT2D eigenvalue weighted by molar-refractivity contribution is -0.0290. The maximum absolute atomic E-state index is 12.3. The van der Waals surface area contributed by atoms with Gasteiger partial charge in [0.25, 0.3) is 0 Å². The van der Waals surface area contributed by atoms with Gasteiger partial charge >= 0.3 is 6.09 Å². The molecular formula is C20H29N3O3. The molecule has 3 saturated heterocycles. The number of carbonyl (C=O) groups excluding carboxylic acids is 1. The maximum Gasteiger partial charge on any atom is 0.410 e. The first-order valence-electron chi connectivity index (χ1n) is 9.81. The molecular weight excluding hydrogens is 330 g/mol. The highest BCUT2D eigenvalue weighted by Crippen LogP contribution is 2.27. The highest BCUT2D eigenvalue weighted by atomic mass is 16.6. The minimum absolute atomic E-state index is 0.0486. The van der Waals surface area contributed by atoms with E-state index in [-0.39, 0.29) is 12.2 Å². The molecule has 1 N–H and O–H groups in total. The number of fused-ring (bicyclic) bond motifs is 2. The van der Waals surface area contributed by atoms with E-state index >= 15 is 0 Å². The first kappa shape index (κ1) is 17.8. The van der Waals surface area contributed by atoms with Crippen molar-refractivity contribution < 1.29 is 14.3 Å². The van der Waals surface area contributed by atoms with Crippen LogP contribution in [-0.4, -0.2) is 73.9 Å². The Balaban J connectivity index is 1.21. The Labute approximate surface area is 155 Å². The van der Waals surface area contributed by atoms with Crippen LogP contribution >= 0.6 is 0 Å². The summed E-state index contributed by atoms with van der Waals surface area (Å²) in [5.41, 5.74) is 1.01. The van der Waals surface area contributed by atoms with Crippen LogP contribution in [0.25, 0.3) is 0 Å². The summed E-state index contributed by atoms with van der Waals surface area (Å²) in [6.07, 6.45) is 2.33. The van der Waals surface area contributed by atoms with Crippen LogP contribution in [0.2, 0.25) is 0 Å². The first-order valence-corrected chi connectivity index (χ1v) is 9.81. The summed E-state index contributed by atoms with van der Waals surface area (Å²) in [7, 11) is 0. The fourth-order valence-electron chi connectivity index (χ4n) is 4.32. The first-order chi connectivity index (χ1) is 12.8. The van der Waals surface area contributed by atoms with Gasteiger partial charge in [0.2, 0.25) is 0 Å². The molecule has 4 unspecified atom stereocenters. The van der Waals surface area contributed by atoms with Crippen molar-refractivity contribution in [1.82, 2.24) is 15.1 Å². The second-order valence-electron chi connectivity index (χ2n) is 7.63. The molecule has 142 valence electrons. The van der Waals surface area contributed by atoms with E-state index in [2.05, 4.69) is 10.2 Å². The molecule has 0 aromatic heterocycles. The molecule has 3 aliphatic heterocycles. The van der Waals surface area contributed by atoms with E-state index in [0.29, 0.717) is 32.3 Å². The van der Waals surface area contributed by atoms with E-state index in [4.69, 9.17) is 9.47 Å². The molecule has 0 aliphatic carbocycles. The largest absolute Gasteiger partial charge is 0.445 e. The van der Waals surface area contributed by atoms with Crippen molar-refractivity contribution in [3.05, 3.63) is 35.9 Å². The summed E-state index contributed by atoms with van der Waals surface area (Å²) >= 11 is 0. The third-order valence-corrected chi connectivity index (χ3v) is 5.84. The van der Waals surface area contributed by atoms with Crippen molar-refractivity contribution in [3.63, 3.8) is 0 Å². The molecule has 6 heteroatoms. The number of carbonyl (C=O) groups is 1. The quantitative estimate of drug-likeness (QED) is 0.867. The van der Waals surface area contributed by atoms with Crippen molar-refractivity contribution in [2.45, 2.75) is 31.6 Å². The fraction of sp³-hybridized carbons (Fsp3) is 0.650. The SMILES string of the molecule is O=C(OCc1ccccc1)N1CCOC(CNC2CCN3CCC2C3)C1. The summed E-state index contributed by atoms with van der Waals surface area (Å²) < 4.78 is 11.3. The molecule has 2 bridgehead atoms. The second-order valence-corrected chi connectivity index (χ2v) is 7.63. The van der Waals surface area contributed by atoms with Crippen LogP contribution in [0.1, 0.15) is 18.4 Å². The monoisotopic (exact) mass is 359 g/mol. The van der Waals surface area contributed by atoms with Gasteiger partial charge < -0.3 is 24.6 Å². The van der Waals surface area contributed by atoms with Crippen LogP contribution in [0.15, 0.2) is 30.3 Å². The van der Waals surface area contributed by atoms with Gasteiger partial charge in [0.15, 0.2) is 0 Å². The topological polar surface area (TPSA) is 54.0 Å². The smallest absolute Gasteiger partial charge is 0.410 e. The molecule has 3 aliphatic rings. The standard InChI is InChI=1S/C20H29N3O3/c24-20(26-15-16-4-2-1-3-5-16)23-10-11-25-18(14-23)12-21-19-7-9-22-8-6-17(19)13-22/h1-5,17-19,21H,6-15H2. The van der Waals surface area contributed by atoms with Crippen molar-refractivity contribution >= 4 is 6.09 Å². The van der Waals surface area contributed by atoms with Crippen molar-refractivity contribution in [1.29, 1.82) is 0 Å². The maximum atomic E-state index is 12.3. The summed E-state index contributed by atoms with van der Waals surface area (Å²) in [6, 6.07) is 10.4. The lowest BCUT2D eigenvalue weighted by Crippen LogP contribution is -2.52. The number of rotatable bonds is 5. The number of hydrogen-bond acceptors (Lipinski definition) is 5. The van der Waals surface area contributed by atoms with E-state index < -0.39 is 0 Å². The summed E-state index contributed by atoms with van der Waals surface area (Å²) in [5, 5.41) is 3.71. The van der Waals surface area contributed by atoms with E-state index in [1.807, 2.05) is 30.3 Å². The molecule has 3 heterocycles. The molecule has 0 saturated carbocycles. The van der Waals surface area contributed by atoms with Crippen LogP contribution in [0.5, 0.6) is 0 Å². The minimum atomic E-state index is -0.244. The predicted octanol–water partition coefficient (Wildman–Crippen LogP) is 1.71. The Morgan fingerprint density at radius 1 is 1.15 bits per heavy atom. The highest BCUT2D eigenvalue weighted by Gasteiger charge is 2.34. The Morgan fingerprint density at radius 2 is 2.00 bits per heavy atom. The normalized spacial score (nSPS) is 31.0. The highest BCUT2D eigenvalue weighted by molar-refractivity contribution is 5.67. The summed E-state index contributed by atoms with van der Waals surface area (Å²) in [6.45, 7) is 6.61. The Kier molecular flexibility index (Phi) is 5.72. The van der Waals surface area contributed by atoms with Gasteiger partial charge in [0, 0.05) is 25.7 Å². The average Bonchev–Trinajstić information content (AvgIpc) is 3.08. The van der Waals surface area contributed by atoms with E-state index in [1.165, 1.54) is 32.5 Å². The summed E-state index contributed by atoms with van der Waals surface area (Å²) in [4.78, 5) is 16.7. The molecule has 1 amide bonds. The van der Waals surface area contributed by atoms with Gasteiger partial charge in [-0.05, 0) is 37.4 Å². The number of nitrogens with zero attached hydrogens (tertiary/aromatic N) is 2. The predicted molar refractivity (Wildman–Crippen MR) is 98.9 cm³/mol. The van der Waals surface area contributed by atoms with Gasteiger partial charge in [-0.15, -0.1) is 0 Å². The lowest BCUT2D eigenvalue weighted by atomic mass is 9.94. The third-order valence-electron chi connectivity index (χ3n) is 5.84. The van der Waals surface area contributed by atoms with Crippen LogP contribution < -0.4 is 5.32 Å². The van der Waals surface area contributed by atoms with E-state index in [9.17, 15) is 4.79 Å². The zero-order chi connectivity index (χ0) is 17.8. The average molecular weight is 359 g/mol. The molecule has 0 radical (unpaired) electrons. The molecule has 3 fully saturated rings. The second kappa shape index (κ2) is 8.37. The van der Waals surface area contributed by atoms with Crippen LogP contribution in [-0.2, 0) is 16.1 Å². The molecule has 1 aromatic rings. The molecule has 4 atom stereocenters. The zero-order valence-electron chi connectivity index (χ0n) is 15.3. The number of piperidine rings is 1. The number of hydrogen-bond donors (Lipinski definition) is 1. The van der Waals surface area contributed by atoms with Gasteiger partial charge in [0.1, 0.15) is 6.61 Å². The molecule has 4 rings (SSSR count). The molecule has 0 spiro atoms. The molecule has 26 heavy (non-hydrogen) atoms. The lowest BCUT2D eigenvalue weighted by Gasteiger charge is -2.35. The van der Waals surface area contributed by atoms with E-state index in [1.54, 1.807) is 4.90 Å². The number of amides is 1. The summed E-state index contributed by atoms with van der Waals surface area (Å²) in [5.74, 6) is 0.777. The third kappa shape index (κ3) is 4.37. The number of nitrogens with one attached hydrogen (secondary N) is 1. The van der Waals surface area contributed by atoms with E-state index in [0.717, 1.165) is 18.0 Å². The minimum Gasteiger partial charge on any atom is -0.445 e. The van der Waals surface area contributed by atoms with Gasteiger partial charge in [-0.3, -0.25) is 0 Å². The van der Waals surface area contributed by atoms with Gasteiger partial charge in [-0.25, -0.2) is 4.79 Å². The Hall–Kier alpha value is -1.63. The Morgan fingerprint density at radius 3 is 2.88 bits per heavy atom. The fourth-order valence-corrected chi connectivity index (χ4v) is 4.32.